The summed E-state index contributed by atoms with van der Waals surface area (Å²) >= 11 is 3.45. The molecule has 114 valence electrons. The normalized spacial score (nSPS) is 12.7. The zero-order valence-electron chi connectivity index (χ0n) is 13.4. The Morgan fingerprint density at radius 2 is 1.86 bits per heavy atom. The molecule has 0 unspecified atom stereocenters. The van der Waals surface area contributed by atoms with Crippen LogP contribution in [0.25, 0.3) is 10.9 Å². The number of fused-ring (bicyclic) bond motifs is 1. The Morgan fingerprint density at radius 3 is 2.48 bits per heavy atom. The summed E-state index contributed by atoms with van der Waals surface area (Å²) in [5.74, 6) is 0. The first kappa shape index (κ1) is 16.1. The van der Waals surface area contributed by atoms with E-state index in [1.165, 1.54) is 0 Å². The minimum Gasteiger partial charge on any atom is -0.398 e. The summed E-state index contributed by atoms with van der Waals surface area (Å²) < 4.78 is 0.938. The summed E-state index contributed by atoms with van der Waals surface area (Å²) in [6.07, 6.45) is 2.87. The van der Waals surface area contributed by atoms with Crippen molar-refractivity contribution in [1.29, 1.82) is 0 Å². The van der Waals surface area contributed by atoms with Crippen LogP contribution in [0.3, 0.4) is 0 Å². The standard InChI is InChI=1S/C17H24BrN3/c1-16(2,3)10-17(4,5)21-14-7-6-13(19)12-8-11(18)9-20-15(12)14/h6-9,21H,10,19H2,1-5H3. The Balaban J connectivity index is 2.41. The van der Waals surface area contributed by atoms with Crippen LogP contribution in [0, 0.1) is 5.41 Å². The fourth-order valence-corrected chi connectivity index (χ4v) is 3.38. The van der Waals surface area contributed by atoms with E-state index < -0.39 is 0 Å². The van der Waals surface area contributed by atoms with Crippen LogP contribution < -0.4 is 11.1 Å². The molecule has 0 atom stereocenters. The number of nitrogen functional groups attached to an aromatic ring is 1. The molecule has 0 spiro atoms. The van der Waals surface area contributed by atoms with E-state index >= 15 is 0 Å². The van der Waals surface area contributed by atoms with Crippen molar-refractivity contribution >= 4 is 38.2 Å². The second kappa shape index (κ2) is 5.48. The molecule has 3 nitrogen and oxygen atoms in total. The third-order valence-electron chi connectivity index (χ3n) is 3.30. The summed E-state index contributed by atoms with van der Waals surface area (Å²) in [6, 6.07) is 5.97. The highest BCUT2D eigenvalue weighted by molar-refractivity contribution is 9.10. The number of pyridine rings is 1. The molecule has 0 amide bonds. The average molecular weight is 350 g/mol. The maximum absolute atomic E-state index is 6.07. The van der Waals surface area contributed by atoms with Gasteiger partial charge < -0.3 is 11.1 Å². The Kier molecular flexibility index (Phi) is 4.20. The number of nitrogens with two attached hydrogens (primary N) is 1. The van der Waals surface area contributed by atoms with E-state index in [2.05, 4.69) is 60.8 Å². The maximum atomic E-state index is 6.07. The van der Waals surface area contributed by atoms with Crippen molar-refractivity contribution in [1.82, 2.24) is 4.98 Å². The van der Waals surface area contributed by atoms with Crippen molar-refractivity contribution in [3.05, 3.63) is 28.9 Å². The summed E-state index contributed by atoms with van der Waals surface area (Å²) in [4.78, 5) is 4.53. The fraction of sp³-hybridized carbons (Fsp3) is 0.471. The van der Waals surface area contributed by atoms with E-state index in [1.807, 2.05) is 24.4 Å². The van der Waals surface area contributed by atoms with Gasteiger partial charge in [-0.05, 0) is 59.8 Å². The number of aromatic nitrogens is 1. The molecular formula is C17H24BrN3. The van der Waals surface area contributed by atoms with Crippen molar-refractivity contribution in [2.24, 2.45) is 5.41 Å². The minimum absolute atomic E-state index is 0.0178. The van der Waals surface area contributed by atoms with Gasteiger partial charge in [0, 0.05) is 27.3 Å². The number of hydrogen-bond donors (Lipinski definition) is 2. The molecule has 0 aliphatic rings. The number of rotatable bonds is 3. The SMILES string of the molecule is CC(C)(C)CC(C)(C)Nc1ccc(N)c2cc(Br)cnc12. The maximum Gasteiger partial charge on any atom is 0.0954 e. The second-order valence-corrected chi connectivity index (χ2v) is 8.41. The van der Waals surface area contributed by atoms with Crippen LogP contribution in [0.5, 0.6) is 0 Å². The topological polar surface area (TPSA) is 50.9 Å². The van der Waals surface area contributed by atoms with Gasteiger partial charge in [0.15, 0.2) is 0 Å². The molecule has 0 bridgehead atoms. The molecular weight excluding hydrogens is 326 g/mol. The molecule has 21 heavy (non-hydrogen) atoms. The molecule has 0 saturated heterocycles. The summed E-state index contributed by atoms with van der Waals surface area (Å²) in [6.45, 7) is 11.2. The van der Waals surface area contributed by atoms with Crippen LogP contribution in [0.2, 0.25) is 0 Å². The Morgan fingerprint density at radius 1 is 1.19 bits per heavy atom. The van der Waals surface area contributed by atoms with Crippen molar-refractivity contribution in [2.45, 2.75) is 46.6 Å². The number of nitrogens with zero attached hydrogens (tertiary/aromatic N) is 1. The van der Waals surface area contributed by atoms with Gasteiger partial charge in [0.05, 0.1) is 11.2 Å². The predicted molar refractivity (Wildman–Crippen MR) is 95.6 cm³/mol. The van der Waals surface area contributed by atoms with Crippen molar-refractivity contribution in [3.63, 3.8) is 0 Å². The van der Waals surface area contributed by atoms with Crippen LogP contribution in [0.1, 0.15) is 41.0 Å². The second-order valence-electron chi connectivity index (χ2n) is 7.50. The van der Waals surface area contributed by atoms with Gasteiger partial charge in [0.1, 0.15) is 0 Å². The lowest BCUT2D eigenvalue weighted by Gasteiger charge is -2.34. The van der Waals surface area contributed by atoms with Gasteiger partial charge in [-0.15, -0.1) is 0 Å². The summed E-state index contributed by atoms with van der Waals surface area (Å²) in [5.41, 5.74) is 9.01. The molecule has 1 heterocycles. The van der Waals surface area contributed by atoms with Gasteiger partial charge in [0.2, 0.25) is 0 Å². The Labute approximate surface area is 135 Å². The summed E-state index contributed by atoms with van der Waals surface area (Å²) in [5, 5.41) is 4.60. The molecule has 0 radical (unpaired) electrons. The lowest BCUT2D eigenvalue weighted by atomic mass is 9.81. The van der Waals surface area contributed by atoms with Gasteiger partial charge in [0.25, 0.3) is 0 Å². The van der Waals surface area contributed by atoms with Crippen LogP contribution in [0.15, 0.2) is 28.9 Å². The van der Waals surface area contributed by atoms with E-state index in [1.54, 1.807) is 0 Å². The molecule has 0 aliphatic carbocycles. The van der Waals surface area contributed by atoms with Crippen LogP contribution in [-0.4, -0.2) is 10.5 Å². The van der Waals surface area contributed by atoms with Crippen LogP contribution >= 0.6 is 15.9 Å². The zero-order valence-corrected chi connectivity index (χ0v) is 15.0. The van der Waals surface area contributed by atoms with Crippen LogP contribution in [0.4, 0.5) is 11.4 Å². The highest BCUT2D eigenvalue weighted by Crippen LogP contribution is 2.34. The monoisotopic (exact) mass is 349 g/mol. The molecule has 0 saturated carbocycles. The first-order valence-electron chi connectivity index (χ1n) is 7.19. The van der Waals surface area contributed by atoms with Gasteiger partial charge >= 0.3 is 0 Å². The smallest absolute Gasteiger partial charge is 0.0954 e. The first-order valence-corrected chi connectivity index (χ1v) is 7.99. The Hall–Kier alpha value is -1.29. The number of benzene rings is 1. The third-order valence-corrected chi connectivity index (χ3v) is 3.73. The van der Waals surface area contributed by atoms with Crippen LogP contribution in [-0.2, 0) is 0 Å². The number of anilines is 2. The van der Waals surface area contributed by atoms with E-state index in [9.17, 15) is 0 Å². The quantitative estimate of drug-likeness (QED) is 0.748. The highest BCUT2D eigenvalue weighted by Gasteiger charge is 2.26. The minimum atomic E-state index is -0.0178. The molecule has 3 N–H and O–H groups in total. The van der Waals surface area contributed by atoms with Gasteiger partial charge in [-0.1, -0.05) is 20.8 Å². The van der Waals surface area contributed by atoms with E-state index in [0.29, 0.717) is 0 Å². The highest BCUT2D eigenvalue weighted by atomic mass is 79.9. The van der Waals surface area contributed by atoms with Gasteiger partial charge in [-0.25, -0.2) is 0 Å². The average Bonchev–Trinajstić information content (AvgIpc) is 2.29. The van der Waals surface area contributed by atoms with Crippen molar-refractivity contribution in [2.75, 3.05) is 11.1 Å². The molecule has 4 heteroatoms. The first-order chi connectivity index (χ1) is 9.57. The number of hydrogen-bond acceptors (Lipinski definition) is 3. The molecule has 1 aromatic heterocycles. The van der Waals surface area contributed by atoms with Gasteiger partial charge in [-0.2, -0.15) is 0 Å². The fourth-order valence-electron chi connectivity index (χ4n) is 3.05. The van der Waals surface area contributed by atoms with Crippen molar-refractivity contribution in [3.8, 4) is 0 Å². The molecule has 2 rings (SSSR count). The van der Waals surface area contributed by atoms with Crippen molar-refractivity contribution < 1.29 is 0 Å². The summed E-state index contributed by atoms with van der Waals surface area (Å²) in [7, 11) is 0. The molecule has 2 aromatic rings. The lowest BCUT2D eigenvalue weighted by Crippen LogP contribution is -2.35. The third kappa shape index (κ3) is 4.10. The molecule has 1 aromatic carbocycles. The van der Waals surface area contributed by atoms with E-state index in [0.717, 1.165) is 33.2 Å². The molecule has 0 aliphatic heterocycles. The number of nitrogens with one attached hydrogen (secondary N) is 1. The van der Waals surface area contributed by atoms with E-state index in [-0.39, 0.29) is 11.0 Å². The molecule has 0 fully saturated rings. The van der Waals surface area contributed by atoms with Gasteiger partial charge in [-0.3, -0.25) is 4.98 Å². The van der Waals surface area contributed by atoms with E-state index in [4.69, 9.17) is 5.73 Å². The Bertz CT molecular complexity index is 657. The zero-order chi connectivity index (χ0) is 15.8. The predicted octanol–water partition coefficient (Wildman–Crippen LogP) is 5.21. The number of halogens is 1. The largest absolute Gasteiger partial charge is 0.398 e. The lowest BCUT2D eigenvalue weighted by molar-refractivity contribution is 0.302.